The van der Waals surface area contributed by atoms with Gasteiger partial charge in [-0.25, -0.2) is 22.6 Å². The van der Waals surface area contributed by atoms with E-state index in [4.69, 9.17) is 4.74 Å². The third-order valence-electron chi connectivity index (χ3n) is 4.94. The Bertz CT molecular complexity index is 1250. The van der Waals surface area contributed by atoms with Crippen molar-refractivity contribution in [1.82, 2.24) is 14.2 Å². The quantitative estimate of drug-likeness (QED) is 0.662. The van der Waals surface area contributed by atoms with Gasteiger partial charge in [-0.15, -0.1) is 0 Å². The van der Waals surface area contributed by atoms with Crippen molar-refractivity contribution < 1.29 is 13.2 Å². The smallest absolute Gasteiger partial charge is 0.292 e. The SMILES string of the molecule is Cc1ccc(C=CS(=O)(=O)Nc2cnc3c(N4CCOCC4)c(=O)n(C)n3c2)cc1. The minimum Gasteiger partial charge on any atom is -0.378 e. The highest BCUT2D eigenvalue weighted by Crippen LogP contribution is 2.20. The molecule has 158 valence electrons. The molecule has 30 heavy (non-hydrogen) atoms. The van der Waals surface area contributed by atoms with Crippen LogP contribution in [0.3, 0.4) is 0 Å². The Morgan fingerprint density at radius 3 is 2.57 bits per heavy atom. The normalized spacial score (nSPS) is 15.2. The molecule has 1 N–H and O–H groups in total. The van der Waals surface area contributed by atoms with Gasteiger partial charge in [0.25, 0.3) is 15.6 Å². The van der Waals surface area contributed by atoms with Gasteiger partial charge in [-0.3, -0.25) is 9.52 Å². The van der Waals surface area contributed by atoms with Crippen molar-refractivity contribution in [3.05, 3.63) is 63.5 Å². The second-order valence-electron chi connectivity index (χ2n) is 7.15. The number of rotatable bonds is 5. The summed E-state index contributed by atoms with van der Waals surface area (Å²) in [6, 6.07) is 7.52. The Morgan fingerprint density at radius 1 is 1.17 bits per heavy atom. The zero-order valence-corrected chi connectivity index (χ0v) is 17.6. The van der Waals surface area contributed by atoms with E-state index in [0.29, 0.717) is 37.6 Å². The molecule has 1 aromatic carbocycles. The zero-order valence-electron chi connectivity index (χ0n) is 16.8. The van der Waals surface area contributed by atoms with Gasteiger partial charge in [0.1, 0.15) is 5.69 Å². The average Bonchev–Trinajstić information content (AvgIpc) is 2.98. The highest BCUT2D eigenvalue weighted by molar-refractivity contribution is 7.95. The van der Waals surface area contributed by atoms with Gasteiger partial charge in [0.2, 0.25) is 0 Å². The van der Waals surface area contributed by atoms with Gasteiger partial charge in [-0.1, -0.05) is 29.8 Å². The van der Waals surface area contributed by atoms with Crippen LogP contribution in [0.4, 0.5) is 11.4 Å². The predicted molar refractivity (Wildman–Crippen MR) is 116 cm³/mol. The lowest BCUT2D eigenvalue weighted by atomic mass is 10.2. The molecule has 0 radical (unpaired) electrons. The molecule has 1 saturated heterocycles. The minimum atomic E-state index is -3.75. The maximum absolute atomic E-state index is 12.7. The van der Waals surface area contributed by atoms with E-state index < -0.39 is 10.0 Å². The van der Waals surface area contributed by atoms with Crippen LogP contribution in [0.15, 0.2) is 46.9 Å². The summed E-state index contributed by atoms with van der Waals surface area (Å²) in [5.41, 5.74) is 2.92. The number of ether oxygens (including phenoxy) is 1. The molecule has 3 heterocycles. The summed E-state index contributed by atoms with van der Waals surface area (Å²) in [6.45, 7) is 4.27. The van der Waals surface area contributed by atoms with Crippen LogP contribution in [-0.2, 0) is 21.8 Å². The molecule has 4 rings (SSSR count). The van der Waals surface area contributed by atoms with Crippen LogP contribution in [0.1, 0.15) is 11.1 Å². The molecular formula is C20H23N5O4S. The summed E-state index contributed by atoms with van der Waals surface area (Å²) in [7, 11) is -2.12. The molecule has 9 nitrogen and oxygen atoms in total. The maximum Gasteiger partial charge on any atom is 0.292 e. The van der Waals surface area contributed by atoms with Gasteiger partial charge in [-0.05, 0) is 18.6 Å². The number of aryl methyl sites for hydroxylation is 2. The second-order valence-corrected chi connectivity index (χ2v) is 8.71. The van der Waals surface area contributed by atoms with Crippen LogP contribution in [-0.4, -0.2) is 48.9 Å². The van der Waals surface area contributed by atoms with E-state index in [2.05, 4.69) is 9.71 Å². The van der Waals surface area contributed by atoms with Gasteiger partial charge < -0.3 is 9.64 Å². The molecule has 1 aliphatic rings. The van der Waals surface area contributed by atoms with E-state index in [1.807, 2.05) is 36.1 Å². The number of morpholine rings is 1. The summed E-state index contributed by atoms with van der Waals surface area (Å²) in [6.07, 6.45) is 4.48. The predicted octanol–water partition coefficient (Wildman–Crippen LogP) is 1.59. The zero-order chi connectivity index (χ0) is 21.3. The number of benzene rings is 1. The van der Waals surface area contributed by atoms with Crippen molar-refractivity contribution in [2.24, 2.45) is 7.05 Å². The summed E-state index contributed by atoms with van der Waals surface area (Å²) >= 11 is 0. The lowest BCUT2D eigenvalue weighted by Gasteiger charge is -2.26. The summed E-state index contributed by atoms with van der Waals surface area (Å²) in [5.74, 6) is 0. The fraction of sp³-hybridized carbons (Fsp3) is 0.300. The van der Waals surface area contributed by atoms with E-state index in [-0.39, 0.29) is 11.2 Å². The molecular weight excluding hydrogens is 406 g/mol. The van der Waals surface area contributed by atoms with E-state index in [0.717, 1.165) is 16.5 Å². The lowest BCUT2D eigenvalue weighted by Crippen LogP contribution is -2.39. The van der Waals surface area contributed by atoms with Crippen LogP contribution in [0, 0.1) is 6.92 Å². The topological polar surface area (TPSA) is 97.9 Å². The Morgan fingerprint density at radius 2 is 1.87 bits per heavy atom. The van der Waals surface area contributed by atoms with Gasteiger partial charge in [-0.2, -0.15) is 0 Å². The summed E-state index contributed by atoms with van der Waals surface area (Å²) in [5, 5.41) is 1.11. The Hall–Kier alpha value is -3.11. The number of fused-ring (bicyclic) bond motifs is 1. The Labute approximate surface area is 174 Å². The summed E-state index contributed by atoms with van der Waals surface area (Å²) < 4.78 is 35.7. The number of nitrogens with one attached hydrogen (secondary N) is 1. The van der Waals surface area contributed by atoms with Crippen LogP contribution in [0.5, 0.6) is 0 Å². The van der Waals surface area contributed by atoms with Crippen LogP contribution >= 0.6 is 0 Å². The molecule has 0 unspecified atom stereocenters. The van der Waals surface area contributed by atoms with Gasteiger partial charge in [0.15, 0.2) is 5.65 Å². The first kappa shape index (κ1) is 20.2. The first-order valence-electron chi connectivity index (χ1n) is 9.52. The highest BCUT2D eigenvalue weighted by atomic mass is 32.2. The van der Waals surface area contributed by atoms with Crippen molar-refractivity contribution in [2.75, 3.05) is 35.9 Å². The van der Waals surface area contributed by atoms with E-state index >= 15 is 0 Å². The number of nitrogens with zero attached hydrogens (tertiary/aromatic N) is 4. The van der Waals surface area contributed by atoms with Gasteiger partial charge in [0.05, 0.1) is 36.7 Å². The van der Waals surface area contributed by atoms with E-state index in [9.17, 15) is 13.2 Å². The Balaban J connectivity index is 1.61. The molecule has 0 spiro atoms. The molecule has 3 aromatic rings. The van der Waals surface area contributed by atoms with Crippen LogP contribution < -0.4 is 15.2 Å². The molecule has 1 aliphatic heterocycles. The highest BCUT2D eigenvalue weighted by Gasteiger charge is 2.22. The number of aromatic nitrogens is 3. The second kappa shape index (κ2) is 7.96. The van der Waals surface area contributed by atoms with Crippen molar-refractivity contribution >= 4 is 33.1 Å². The molecule has 10 heteroatoms. The standard InChI is InChI=1S/C20H23N5O4S/c1-15-3-5-16(6-4-15)7-12-30(27,28)22-17-13-21-19-18(24-8-10-29-11-9-24)20(26)23(2)25(19)14-17/h3-7,12-14,22H,8-11H2,1-2H3. The third-order valence-corrected chi connectivity index (χ3v) is 5.95. The molecule has 0 saturated carbocycles. The van der Waals surface area contributed by atoms with Crippen molar-refractivity contribution in [3.8, 4) is 0 Å². The molecule has 0 amide bonds. The van der Waals surface area contributed by atoms with Crippen LogP contribution in [0.25, 0.3) is 11.7 Å². The minimum absolute atomic E-state index is 0.191. The van der Waals surface area contributed by atoms with E-state index in [1.165, 1.54) is 17.0 Å². The number of hydrogen-bond donors (Lipinski definition) is 1. The fourth-order valence-electron chi connectivity index (χ4n) is 3.32. The Kier molecular flexibility index (Phi) is 5.35. The van der Waals surface area contributed by atoms with Crippen molar-refractivity contribution in [3.63, 3.8) is 0 Å². The van der Waals surface area contributed by atoms with Crippen molar-refractivity contribution in [2.45, 2.75) is 6.92 Å². The lowest BCUT2D eigenvalue weighted by molar-refractivity contribution is 0.122. The molecule has 2 aromatic heterocycles. The molecule has 0 atom stereocenters. The monoisotopic (exact) mass is 429 g/mol. The van der Waals surface area contributed by atoms with Crippen LogP contribution in [0.2, 0.25) is 0 Å². The van der Waals surface area contributed by atoms with Gasteiger partial charge in [0, 0.05) is 20.1 Å². The maximum atomic E-state index is 12.7. The number of anilines is 2. The largest absolute Gasteiger partial charge is 0.378 e. The number of sulfonamides is 1. The fourth-order valence-corrected chi connectivity index (χ4v) is 4.16. The molecule has 0 aliphatic carbocycles. The average molecular weight is 430 g/mol. The van der Waals surface area contributed by atoms with Gasteiger partial charge >= 0.3 is 0 Å². The summed E-state index contributed by atoms with van der Waals surface area (Å²) in [4.78, 5) is 19.0. The third kappa shape index (κ3) is 4.10. The molecule has 0 bridgehead atoms. The molecule has 1 fully saturated rings. The van der Waals surface area contributed by atoms with Crippen molar-refractivity contribution in [1.29, 1.82) is 0 Å². The first-order chi connectivity index (χ1) is 14.3. The number of hydrogen-bond acceptors (Lipinski definition) is 6. The first-order valence-corrected chi connectivity index (χ1v) is 11.1. The van der Waals surface area contributed by atoms with E-state index in [1.54, 1.807) is 17.8 Å².